The first kappa shape index (κ1) is 7.10. The zero-order valence-electron chi connectivity index (χ0n) is 6.87. The van der Waals surface area contributed by atoms with Gasteiger partial charge in [-0.25, -0.2) is 4.98 Å². The number of pyridine rings is 1. The van der Waals surface area contributed by atoms with Crippen molar-refractivity contribution in [2.75, 3.05) is 7.11 Å². The van der Waals surface area contributed by atoms with Crippen molar-refractivity contribution in [3.05, 3.63) is 36.5 Å². The highest BCUT2D eigenvalue weighted by Gasteiger charge is 1.99. The van der Waals surface area contributed by atoms with Crippen molar-refractivity contribution in [1.82, 2.24) is 0 Å². The highest BCUT2D eigenvalue weighted by atomic mass is 16.5. The van der Waals surface area contributed by atoms with Gasteiger partial charge in [-0.1, -0.05) is 0 Å². The maximum absolute atomic E-state index is 5.11. The Hall–Kier alpha value is -1.57. The molecule has 12 heavy (non-hydrogen) atoms. The second-order valence-electron chi connectivity index (χ2n) is 2.62. The maximum atomic E-state index is 5.11. The summed E-state index contributed by atoms with van der Waals surface area (Å²) in [6.45, 7) is 0. The number of nitrogens with one attached hydrogen (secondary N) is 1. The molecule has 60 valence electrons. The molecule has 0 unspecified atom stereocenters. The third-order valence-electron chi connectivity index (χ3n) is 1.87. The summed E-state index contributed by atoms with van der Waals surface area (Å²) in [7, 11) is 1.67. The van der Waals surface area contributed by atoms with Crippen molar-refractivity contribution in [3.8, 4) is 5.75 Å². The van der Waals surface area contributed by atoms with Crippen LogP contribution in [0.15, 0.2) is 36.5 Å². The maximum Gasteiger partial charge on any atom is 0.211 e. The van der Waals surface area contributed by atoms with Crippen LogP contribution in [-0.2, 0) is 0 Å². The number of ether oxygens (including phenoxy) is 1. The van der Waals surface area contributed by atoms with E-state index in [9.17, 15) is 0 Å². The fraction of sp³-hybridized carbons (Fsp3) is 0.100. The molecule has 2 nitrogen and oxygen atoms in total. The van der Waals surface area contributed by atoms with Crippen LogP contribution in [0.25, 0.3) is 10.9 Å². The lowest BCUT2D eigenvalue weighted by molar-refractivity contribution is -0.344. The van der Waals surface area contributed by atoms with Gasteiger partial charge in [0, 0.05) is 17.5 Å². The summed E-state index contributed by atoms with van der Waals surface area (Å²) >= 11 is 0. The smallest absolute Gasteiger partial charge is 0.211 e. The topological polar surface area (TPSA) is 23.4 Å². The van der Waals surface area contributed by atoms with Crippen molar-refractivity contribution >= 4 is 10.9 Å². The highest BCUT2D eigenvalue weighted by molar-refractivity contribution is 5.76. The van der Waals surface area contributed by atoms with Gasteiger partial charge in [0.2, 0.25) is 5.52 Å². The standard InChI is InChI=1S/C10H9NO/c1-12-9-4-5-10-8(7-9)3-2-6-11-10/h2-7H,1H3/p+1. The number of hydrogen-bond donors (Lipinski definition) is 0. The van der Waals surface area contributed by atoms with Crippen LogP contribution in [0.2, 0.25) is 0 Å². The summed E-state index contributed by atoms with van der Waals surface area (Å²) in [5, 5.41) is 1.16. The van der Waals surface area contributed by atoms with E-state index in [2.05, 4.69) is 4.98 Å². The van der Waals surface area contributed by atoms with Gasteiger partial charge in [0.25, 0.3) is 0 Å². The van der Waals surface area contributed by atoms with Crippen molar-refractivity contribution in [2.45, 2.75) is 0 Å². The van der Waals surface area contributed by atoms with E-state index in [-0.39, 0.29) is 0 Å². The summed E-state index contributed by atoms with van der Waals surface area (Å²) in [4.78, 5) is 3.15. The molecule has 0 amide bonds. The lowest BCUT2D eigenvalue weighted by Gasteiger charge is -1.97. The minimum absolute atomic E-state index is 0.891. The second kappa shape index (κ2) is 2.81. The molecule has 0 aliphatic heterocycles. The van der Waals surface area contributed by atoms with Gasteiger partial charge in [-0.15, -0.1) is 0 Å². The van der Waals surface area contributed by atoms with Crippen LogP contribution < -0.4 is 9.72 Å². The van der Waals surface area contributed by atoms with Gasteiger partial charge in [-0.3, -0.25) is 0 Å². The van der Waals surface area contributed by atoms with E-state index in [4.69, 9.17) is 4.74 Å². The van der Waals surface area contributed by atoms with Gasteiger partial charge >= 0.3 is 0 Å². The van der Waals surface area contributed by atoms with Crippen LogP contribution in [0.3, 0.4) is 0 Å². The van der Waals surface area contributed by atoms with E-state index in [1.54, 1.807) is 7.11 Å². The molecule has 0 saturated heterocycles. The number of fused-ring (bicyclic) bond motifs is 1. The van der Waals surface area contributed by atoms with Crippen molar-refractivity contribution in [2.24, 2.45) is 0 Å². The van der Waals surface area contributed by atoms with E-state index >= 15 is 0 Å². The molecule has 2 heteroatoms. The van der Waals surface area contributed by atoms with E-state index in [0.29, 0.717) is 0 Å². The number of aromatic nitrogens is 1. The molecule has 0 spiro atoms. The fourth-order valence-electron chi connectivity index (χ4n) is 1.23. The number of benzene rings is 1. The predicted molar refractivity (Wildman–Crippen MR) is 47.1 cm³/mol. The molecule has 0 saturated carbocycles. The Balaban J connectivity index is 2.67. The Kier molecular flexibility index (Phi) is 1.67. The minimum atomic E-state index is 0.891. The first-order chi connectivity index (χ1) is 5.90. The van der Waals surface area contributed by atoms with E-state index in [1.807, 2.05) is 36.5 Å². The first-order valence-corrected chi connectivity index (χ1v) is 3.84. The van der Waals surface area contributed by atoms with Gasteiger partial charge in [0.1, 0.15) is 5.75 Å². The van der Waals surface area contributed by atoms with Gasteiger partial charge in [0.05, 0.1) is 7.11 Å². The van der Waals surface area contributed by atoms with Gasteiger partial charge < -0.3 is 4.74 Å². The van der Waals surface area contributed by atoms with Crippen LogP contribution >= 0.6 is 0 Å². The lowest BCUT2D eigenvalue weighted by atomic mass is 10.2. The number of rotatable bonds is 1. The summed E-state index contributed by atoms with van der Waals surface area (Å²) in [5.74, 6) is 0.891. The molecule has 0 atom stereocenters. The Labute approximate surface area is 70.8 Å². The minimum Gasteiger partial charge on any atom is -0.497 e. The highest BCUT2D eigenvalue weighted by Crippen LogP contribution is 2.16. The molecule has 0 aliphatic carbocycles. The fourth-order valence-corrected chi connectivity index (χ4v) is 1.23. The molecule has 1 heterocycles. The van der Waals surface area contributed by atoms with E-state index < -0.39 is 0 Å². The normalized spacial score (nSPS) is 10.1. The molecule has 0 radical (unpaired) electrons. The molecule has 0 aliphatic rings. The predicted octanol–water partition coefficient (Wildman–Crippen LogP) is 1.66. The number of H-pyrrole nitrogens is 1. The largest absolute Gasteiger partial charge is 0.497 e. The van der Waals surface area contributed by atoms with Gasteiger partial charge in [-0.05, 0) is 18.2 Å². The van der Waals surface area contributed by atoms with Gasteiger partial charge in [0.15, 0.2) is 6.20 Å². The molecule has 1 N–H and O–H groups in total. The van der Waals surface area contributed by atoms with Crippen LogP contribution in [0.1, 0.15) is 0 Å². The molecule has 0 fully saturated rings. The molecular weight excluding hydrogens is 150 g/mol. The van der Waals surface area contributed by atoms with Crippen LogP contribution in [0.5, 0.6) is 5.75 Å². The summed E-state index contributed by atoms with van der Waals surface area (Å²) in [6.07, 6.45) is 1.91. The SMILES string of the molecule is COc1ccc2[nH+]cccc2c1. The molecule has 1 aromatic carbocycles. The summed E-state index contributed by atoms with van der Waals surface area (Å²) < 4.78 is 5.11. The number of aromatic amines is 1. The lowest BCUT2D eigenvalue weighted by Crippen LogP contribution is -2.00. The van der Waals surface area contributed by atoms with E-state index in [0.717, 1.165) is 16.7 Å². The average molecular weight is 160 g/mol. The third kappa shape index (κ3) is 1.11. The van der Waals surface area contributed by atoms with Crippen LogP contribution in [-0.4, -0.2) is 7.11 Å². The van der Waals surface area contributed by atoms with Crippen LogP contribution in [0.4, 0.5) is 0 Å². The zero-order valence-corrected chi connectivity index (χ0v) is 6.87. The Morgan fingerprint density at radius 2 is 2.17 bits per heavy atom. The number of methoxy groups -OCH3 is 1. The molecular formula is C10H10NO+. The second-order valence-corrected chi connectivity index (χ2v) is 2.62. The van der Waals surface area contributed by atoms with Crippen molar-refractivity contribution in [1.29, 1.82) is 0 Å². The van der Waals surface area contributed by atoms with E-state index in [1.165, 1.54) is 0 Å². The van der Waals surface area contributed by atoms with Crippen LogP contribution in [0, 0.1) is 0 Å². The first-order valence-electron chi connectivity index (χ1n) is 3.84. The van der Waals surface area contributed by atoms with Crippen molar-refractivity contribution in [3.63, 3.8) is 0 Å². The van der Waals surface area contributed by atoms with Gasteiger partial charge in [-0.2, -0.15) is 0 Å². The molecule has 2 aromatic rings. The summed E-state index contributed by atoms with van der Waals surface area (Å²) in [6, 6.07) is 9.98. The Morgan fingerprint density at radius 1 is 1.25 bits per heavy atom. The molecule has 1 aromatic heterocycles. The molecule has 2 rings (SSSR count). The monoisotopic (exact) mass is 160 g/mol. The zero-order chi connectivity index (χ0) is 8.39. The average Bonchev–Trinajstić information content (AvgIpc) is 2.17. The third-order valence-corrected chi connectivity index (χ3v) is 1.87. The quantitative estimate of drug-likeness (QED) is 0.622. The Bertz CT molecular complexity index is 398. The van der Waals surface area contributed by atoms with Crippen molar-refractivity contribution < 1.29 is 9.72 Å². The Morgan fingerprint density at radius 3 is 3.00 bits per heavy atom. The molecule has 0 bridgehead atoms. The summed E-state index contributed by atoms with van der Waals surface area (Å²) in [5.41, 5.74) is 1.12. The number of hydrogen-bond acceptors (Lipinski definition) is 1.